The average molecular weight is 531 g/mol. The fourth-order valence-corrected chi connectivity index (χ4v) is 4.70. The highest BCUT2D eigenvalue weighted by atomic mass is 79.9. The SMILES string of the molecule is Cc1nn(Cc2cccc(Cl)c2)c(C)c1NC(=O)Cn1nc(C(F)(F)F)c(Br)c1C1CC1. The molecule has 170 valence electrons. The quantitative estimate of drug-likeness (QED) is 0.445. The van der Waals surface area contributed by atoms with E-state index in [0.717, 1.165) is 28.8 Å². The third-order valence-corrected chi connectivity index (χ3v) is 6.34. The van der Waals surface area contributed by atoms with E-state index >= 15 is 0 Å². The molecular weight excluding hydrogens is 511 g/mol. The predicted octanol–water partition coefficient (Wildman–Crippen LogP) is 5.70. The summed E-state index contributed by atoms with van der Waals surface area (Å²) < 4.78 is 42.7. The first-order valence-electron chi connectivity index (χ1n) is 9.96. The van der Waals surface area contributed by atoms with Gasteiger partial charge in [0.2, 0.25) is 5.91 Å². The molecule has 1 saturated carbocycles. The van der Waals surface area contributed by atoms with Crippen molar-refractivity contribution in [2.45, 2.75) is 51.9 Å². The molecule has 0 spiro atoms. The maximum atomic E-state index is 13.3. The average Bonchev–Trinajstić information content (AvgIpc) is 3.42. The van der Waals surface area contributed by atoms with Gasteiger partial charge in [-0.05, 0) is 60.3 Å². The van der Waals surface area contributed by atoms with E-state index in [4.69, 9.17) is 11.6 Å². The van der Waals surface area contributed by atoms with Gasteiger partial charge in [-0.25, -0.2) is 0 Å². The van der Waals surface area contributed by atoms with E-state index < -0.39 is 17.8 Å². The van der Waals surface area contributed by atoms with Gasteiger partial charge in [0.15, 0.2) is 5.69 Å². The Labute approximate surface area is 195 Å². The van der Waals surface area contributed by atoms with E-state index in [2.05, 4.69) is 31.4 Å². The number of amides is 1. The van der Waals surface area contributed by atoms with Crippen molar-refractivity contribution in [3.8, 4) is 0 Å². The lowest BCUT2D eigenvalue weighted by Gasteiger charge is -2.09. The zero-order valence-electron chi connectivity index (χ0n) is 17.3. The highest BCUT2D eigenvalue weighted by molar-refractivity contribution is 9.10. The van der Waals surface area contributed by atoms with Crippen LogP contribution in [0, 0.1) is 13.8 Å². The van der Waals surface area contributed by atoms with Crippen molar-refractivity contribution in [3.63, 3.8) is 0 Å². The number of nitrogens with zero attached hydrogens (tertiary/aromatic N) is 4. The summed E-state index contributed by atoms with van der Waals surface area (Å²) in [4.78, 5) is 12.7. The number of hydrogen-bond donors (Lipinski definition) is 1. The second kappa shape index (κ2) is 8.55. The van der Waals surface area contributed by atoms with Crippen LogP contribution >= 0.6 is 27.5 Å². The first-order valence-corrected chi connectivity index (χ1v) is 11.1. The lowest BCUT2D eigenvalue weighted by Crippen LogP contribution is -2.22. The number of alkyl halides is 3. The Morgan fingerprint density at radius 2 is 1.97 bits per heavy atom. The van der Waals surface area contributed by atoms with E-state index in [9.17, 15) is 18.0 Å². The second-order valence-electron chi connectivity index (χ2n) is 7.86. The number of nitrogens with one attached hydrogen (secondary N) is 1. The van der Waals surface area contributed by atoms with Gasteiger partial charge in [-0.15, -0.1) is 0 Å². The Hall–Kier alpha value is -2.33. The molecule has 0 radical (unpaired) electrons. The smallest absolute Gasteiger partial charge is 0.321 e. The summed E-state index contributed by atoms with van der Waals surface area (Å²) in [5.41, 5.74) is 2.24. The summed E-state index contributed by atoms with van der Waals surface area (Å²) >= 11 is 9.09. The summed E-state index contributed by atoms with van der Waals surface area (Å²) in [6, 6.07) is 7.39. The Balaban J connectivity index is 1.54. The zero-order valence-corrected chi connectivity index (χ0v) is 19.6. The molecule has 32 heavy (non-hydrogen) atoms. The fraction of sp³-hybridized carbons (Fsp3) is 0.381. The minimum absolute atomic E-state index is 0.0234. The number of anilines is 1. The third kappa shape index (κ3) is 4.71. The highest BCUT2D eigenvalue weighted by Gasteiger charge is 2.42. The van der Waals surface area contributed by atoms with Crippen molar-refractivity contribution < 1.29 is 18.0 Å². The molecular formula is C21H20BrClF3N5O. The highest BCUT2D eigenvalue weighted by Crippen LogP contribution is 2.47. The Kier molecular flexibility index (Phi) is 6.10. The van der Waals surface area contributed by atoms with Crippen LogP contribution in [0.15, 0.2) is 28.7 Å². The van der Waals surface area contributed by atoms with Crippen molar-refractivity contribution in [3.05, 3.63) is 62.1 Å². The summed E-state index contributed by atoms with van der Waals surface area (Å²) in [5.74, 6) is -0.492. The van der Waals surface area contributed by atoms with E-state index in [-0.39, 0.29) is 16.9 Å². The Morgan fingerprint density at radius 3 is 2.59 bits per heavy atom. The molecule has 0 saturated heterocycles. The maximum Gasteiger partial charge on any atom is 0.436 e. The van der Waals surface area contributed by atoms with Crippen LogP contribution in [-0.2, 0) is 24.1 Å². The minimum atomic E-state index is -4.60. The number of aromatic nitrogens is 4. The summed E-state index contributed by atoms with van der Waals surface area (Å²) in [5, 5.41) is 11.6. The van der Waals surface area contributed by atoms with Crippen molar-refractivity contribution in [1.29, 1.82) is 0 Å². The molecule has 0 bridgehead atoms. The number of benzene rings is 1. The molecule has 0 aliphatic heterocycles. The Bertz CT molecular complexity index is 1180. The number of rotatable bonds is 6. The van der Waals surface area contributed by atoms with Crippen LogP contribution < -0.4 is 5.32 Å². The van der Waals surface area contributed by atoms with Crippen LogP contribution in [-0.4, -0.2) is 25.5 Å². The molecule has 0 unspecified atom stereocenters. The first kappa shape index (κ1) is 22.8. The summed E-state index contributed by atoms with van der Waals surface area (Å²) in [7, 11) is 0. The minimum Gasteiger partial charge on any atom is -0.321 e. The second-order valence-corrected chi connectivity index (χ2v) is 9.09. The van der Waals surface area contributed by atoms with Gasteiger partial charge in [0.1, 0.15) is 6.54 Å². The summed E-state index contributed by atoms with van der Waals surface area (Å²) in [6.07, 6.45) is -3.05. The van der Waals surface area contributed by atoms with Gasteiger partial charge < -0.3 is 5.32 Å². The van der Waals surface area contributed by atoms with Crippen LogP contribution in [0.3, 0.4) is 0 Å². The zero-order chi connectivity index (χ0) is 23.2. The van der Waals surface area contributed by atoms with Crippen LogP contribution in [0.2, 0.25) is 5.02 Å². The van der Waals surface area contributed by atoms with Gasteiger partial charge in [0.05, 0.1) is 33.8 Å². The number of aryl methyl sites for hydroxylation is 1. The van der Waals surface area contributed by atoms with Crippen molar-refractivity contribution in [2.24, 2.45) is 0 Å². The molecule has 1 fully saturated rings. The summed E-state index contributed by atoms with van der Waals surface area (Å²) in [6.45, 7) is 3.73. The van der Waals surface area contributed by atoms with Crippen LogP contribution in [0.4, 0.5) is 18.9 Å². The van der Waals surface area contributed by atoms with Gasteiger partial charge in [-0.3, -0.25) is 14.2 Å². The first-order chi connectivity index (χ1) is 15.0. The maximum absolute atomic E-state index is 13.3. The van der Waals surface area contributed by atoms with Crippen LogP contribution in [0.1, 0.15) is 47.1 Å². The molecule has 11 heteroatoms. The van der Waals surface area contributed by atoms with E-state index in [1.54, 1.807) is 17.7 Å². The molecule has 1 amide bonds. The molecule has 2 heterocycles. The van der Waals surface area contributed by atoms with Crippen LogP contribution in [0.5, 0.6) is 0 Å². The van der Waals surface area contributed by atoms with Gasteiger partial charge in [0.25, 0.3) is 0 Å². The standard InChI is InChI=1S/C21H20BrClF3N5O/c1-11-18(12(2)30(28-11)9-13-4-3-5-15(23)8-13)27-16(32)10-31-19(14-6-7-14)17(22)20(29-31)21(24,25)26/h3-5,8,14H,6-7,9-10H2,1-2H3,(H,27,32). The molecule has 1 N–H and O–H groups in total. The topological polar surface area (TPSA) is 64.7 Å². The Morgan fingerprint density at radius 1 is 1.25 bits per heavy atom. The molecule has 2 aromatic heterocycles. The van der Waals surface area contributed by atoms with Crippen molar-refractivity contribution in [2.75, 3.05) is 5.32 Å². The monoisotopic (exact) mass is 529 g/mol. The number of carbonyl (C=O) groups is 1. The van der Waals surface area contributed by atoms with E-state index in [1.165, 1.54) is 0 Å². The molecule has 0 atom stereocenters. The fourth-order valence-electron chi connectivity index (χ4n) is 3.66. The number of halogens is 5. The largest absolute Gasteiger partial charge is 0.436 e. The molecule has 4 rings (SSSR count). The lowest BCUT2D eigenvalue weighted by molar-refractivity contribution is -0.142. The van der Waals surface area contributed by atoms with Gasteiger partial charge in [-0.1, -0.05) is 23.7 Å². The third-order valence-electron chi connectivity index (χ3n) is 5.32. The lowest BCUT2D eigenvalue weighted by atomic mass is 10.2. The molecule has 6 nitrogen and oxygen atoms in total. The molecule has 1 aliphatic carbocycles. The van der Waals surface area contributed by atoms with Gasteiger partial charge in [-0.2, -0.15) is 23.4 Å². The van der Waals surface area contributed by atoms with Crippen molar-refractivity contribution in [1.82, 2.24) is 19.6 Å². The van der Waals surface area contributed by atoms with Crippen molar-refractivity contribution >= 4 is 39.1 Å². The molecule has 1 aromatic carbocycles. The number of carbonyl (C=O) groups excluding carboxylic acids is 1. The van der Waals surface area contributed by atoms with Crippen LogP contribution in [0.25, 0.3) is 0 Å². The molecule has 1 aliphatic rings. The molecule has 3 aromatic rings. The van der Waals surface area contributed by atoms with E-state index in [0.29, 0.717) is 28.6 Å². The van der Waals surface area contributed by atoms with Gasteiger partial charge >= 0.3 is 6.18 Å². The van der Waals surface area contributed by atoms with Gasteiger partial charge in [0, 0.05) is 10.9 Å². The normalized spacial score (nSPS) is 14.1. The van der Waals surface area contributed by atoms with E-state index in [1.807, 2.05) is 25.1 Å². The predicted molar refractivity (Wildman–Crippen MR) is 118 cm³/mol. The number of hydrogen-bond acceptors (Lipinski definition) is 3.